The van der Waals surface area contributed by atoms with E-state index in [0.717, 1.165) is 43.7 Å². The number of fused-ring (bicyclic) bond motifs is 1. The van der Waals surface area contributed by atoms with E-state index in [0.29, 0.717) is 18.3 Å². The summed E-state index contributed by atoms with van der Waals surface area (Å²) in [5.41, 5.74) is 3.33. The molecule has 0 saturated carbocycles. The normalized spacial score (nSPS) is 15.7. The van der Waals surface area contributed by atoms with Crippen molar-refractivity contribution in [2.75, 3.05) is 31.1 Å². The molecule has 1 amide bonds. The summed E-state index contributed by atoms with van der Waals surface area (Å²) in [7, 11) is 0. The van der Waals surface area contributed by atoms with Gasteiger partial charge in [0, 0.05) is 36.3 Å². The Labute approximate surface area is 193 Å². The van der Waals surface area contributed by atoms with Crippen molar-refractivity contribution in [3.05, 3.63) is 52.5 Å². The second-order valence-electron chi connectivity index (χ2n) is 7.75. The Kier molecular flexibility index (Phi) is 6.80. The highest BCUT2D eigenvalue weighted by Crippen LogP contribution is 2.30. The number of benzene rings is 1. The molecular weight excluding hydrogens is 448 g/mol. The van der Waals surface area contributed by atoms with Crippen molar-refractivity contribution in [1.82, 2.24) is 15.0 Å². The lowest BCUT2D eigenvalue weighted by Crippen LogP contribution is -2.51. The van der Waals surface area contributed by atoms with Crippen LogP contribution in [-0.2, 0) is 20.8 Å². The third-order valence-electron chi connectivity index (χ3n) is 5.48. The van der Waals surface area contributed by atoms with Crippen molar-refractivity contribution < 1.29 is 29.1 Å². The Balaban J connectivity index is 0.000000385. The molecule has 1 saturated heterocycles. The minimum absolute atomic E-state index is 0.171. The van der Waals surface area contributed by atoms with Gasteiger partial charge in [0.25, 0.3) is 0 Å². The van der Waals surface area contributed by atoms with Crippen molar-refractivity contribution in [3.63, 3.8) is 0 Å². The molecule has 2 aliphatic heterocycles. The Hall–Kier alpha value is -3.57. The fourth-order valence-electron chi connectivity index (χ4n) is 3.83. The number of rotatable bonds is 4. The van der Waals surface area contributed by atoms with Gasteiger partial charge in [-0.2, -0.15) is 16.3 Å². The van der Waals surface area contributed by atoms with Gasteiger partial charge in [0.05, 0.1) is 12.5 Å². The number of carboxylic acids is 2. The summed E-state index contributed by atoms with van der Waals surface area (Å²) in [6, 6.07) is 10.2. The average Bonchev–Trinajstić information content (AvgIpc) is 3.48. The molecule has 3 aromatic rings. The molecule has 2 N–H and O–H groups in total. The Morgan fingerprint density at radius 2 is 1.88 bits per heavy atom. The maximum absolute atomic E-state index is 12.8. The van der Waals surface area contributed by atoms with E-state index in [2.05, 4.69) is 27.2 Å². The summed E-state index contributed by atoms with van der Waals surface area (Å²) in [5.74, 6) is -1.95. The molecule has 11 heteroatoms. The summed E-state index contributed by atoms with van der Waals surface area (Å²) in [6.07, 6.45) is 2.08. The lowest BCUT2D eigenvalue weighted by molar-refractivity contribution is -0.159. The van der Waals surface area contributed by atoms with Crippen LogP contribution in [-0.4, -0.2) is 69.3 Å². The summed E-state index contributed by atoms with van der Waals surface area (Å²) < 4.78 is 5.43. The largest absolute Gasteiger partial charge is 0.473 e. The molecule has 0 unspecified atom stereocenters. The maximum atomic E-state index is 12.8. The Morgan fingerprint density at radius 1 is 1.12 bits per heavy atom. The number of hydrogen-bond donors (Lipinski definition) is 2. The lowest BCUT2D eigenvalue weighted by Gasteiger charge is -2.38. The summed E-state index contributed by atoms with van der Waals surface area (Å²) in [4.78, 5) is 39.6. The first-order valence-corrected chi connectivity index (χ1v) is 11.3. The van der Waals surface area contributed by atoms with Crippen LogP contribution in [0.15, 0.2) is 45.6 Å². The Morgan fingerprint density at radius 3 is 2.58 bits per heavy atom. The number of likely N-dealkylation sites (tertiary alicyclic amines) is 1. The number of anilines is 1. The second-order valence-corrected chi connectivity index (χ2v) is 8.53. The predicted molar refractivity (Wildman–Crippen MR) is 119 cm³/mol. The van der Waals surface area contributed by atoms with Gasteiger partial charge in [-0.15, -0.1) is 0 Å². The minimum atomic E-state index is -1.82. The summed E-state index contributed by atoms with van der Waals surface area (Å²) in [6.45, 7) is 2.82. The van der Waals surface area contributed by atoms with E-state index in [9.17, 15) is 4.79 Å². The van der Waals surface area contributed by atoms with Gasteiger partial charge >= 0.3 is 11.9 Å². The first-order chi connectivity index (χ1) is 15.9. The number of aliphatic carboxylic acids is 2. The number of nitrogens with zero attached hydrogens (tertiary/aromatic N) is 4. The van der Waals surface area contributed by atoms with Crippen molar-refractivity contribution in [2.45, 2.75) is 18.8 Å². The molecular formula is C22H22N4O6S. The molecule has 0 radical (unpaired) electrons. The van der Waals surface area contributed by atoms with Gasteiger partial charge < -0.3 is 19.6 Å². The zero-order chi connectivity index (χ0) is 23.4. The van der Waals surface area contributed by atoms with Crippen LogP contribution in [0.1, 0.15) is 23.8 Å². The Bertz CT molecular complexity index is 1130. The number of carbonyl (C=O) groups excluding carboxylic acids is 1. The van der Waals surface area contributed by atoms with Gasteiger partial charge in [-0.3, -0.25) is 9.69 Å². The molecule has 2 aromatic heterocycles. The van der Waals surface area contributed by atoms with Crippen LogP contribution >= 0.6 is 11.3 Å². The zero-order valence-corrected chi connectivity index (χ0v) is 18.4. The van der Waals surface area contributed by atoms with Gasteiger partial charge in [-0.25, -0.2) is 9.59 Å². The summed E-state index contributed by atoms with van der Waals surface area (Å²) in [5, 5.41) is 22.9. The van der Waals surface area contributed by atoms with Crippen LogP contribution in [0.4, 0.5) is 5.69 Å². The number of aromatic nitrogens is 2. The third kappa shape index (κ3) is 5.26. The molecule has 1 fully saturated rings. The van der Waals surface area contributed by atoms with Crippen molar-refractivity contribution in [3.8, 4) is 11.4 Å². The highest BCUT2D eigenvalue weighted by molar-refractivity contribution is 7.08. The van der Waals surface area contributed by atoms with E-state index in [1.54, 1.807) is 11.3 Å². The number of hydrogen-bond acceptors (Lipinski definition) is 8. The SMILES string of the molecule is O=C(CN1CC(c2nc(-c3ccsc3)no2)C1)N1CCCc2ccccc21.O=C(O)C(=O)O. The molecule has 0 atom stereocenters. The van der Waals surface area contributed by atoms with Gasteiger partial charge in [0.2, 0.25) is 17.6 Å². The average molecular weight is 471 g/mol. The van der Waals surface area contributed by atoms with Crippen LogP contribution < -0.4 is 4.90 Å². The second kappa shape index (κ2) is 9.92. The zero-order valence-electron chi connectivity index (χ0n) is 17.6. The van der Waals surface area contributed by atoms with E-state index in [-0.39, 0.29) is 11.8 Å². The number of carboxylic acid groups (broad SMARTS) is 2. The van der Waals surface area contributed by atoms with Crippen molar-refractivity contribution in [1.29, 1.82) is 0 Å². The first kappa shape index (κ1) is 22.6. The topological polar surface area (TPSA) is 137 Å². The van der Waals surface area contributed by atoms with Crippen molar-refractivity contribution in [2.24, 2.45) is 0 Å². The molecule has 10 nitrogen and oxygen atoms in total. The van der Waals surface area contributed by atoms with Gasteiger partial charge in [0.15, 0.2) is 0 Å². The minimum Gasteiger partial charge on any atom is -0.473 e. The number of amides is 1. The van der Waals surface area contributed by atoms with E-state index >= 15 is 0 Å². The highest BCUT2D eigenvalue weighted by atomic mass is 32.1. The predicted octanol–water partition coefficient (Wildman–Crippen LogP) is 2.33. The quantitative estimate of drug-likeness (QED) is 0.550. The number of carbonyl (C=O) groups is 3. The van der Waals surface area contributed by atoms with Crippen LogP contribution in [0.5, 0.6) is 0 Å². The van der Waals surface area contributed by atoms with Gasteiger partial charge in [-0.1, -0.05) is 23.4 Å². The molecule has 5 rings (SSSR count). The van der Waals surface area contributed by atoms with Gasteiger partial charge in [0.1, 0.15) is 0 Å². The smallest absolute Gasteiger partial charge is 0.414 e. The number of para-hydroxylation sites is 1. The van der Waals surface area contributed by atoms with E-state index < -0.39 is 11.9 Å². The first-order valence-electron chi connectivity index (χ1n) is 10.4. The van der Waals surface area contributed by atoms with Crippen LogP contribution in [0.3, 0.4) is 0 Å². The molecule has 172 valence electrons. The van der Waals surface area contributed by atoms with Crippen LogP contribution in [0, 0.1) is 0 Å². The molecule has 0 bridgehead atoms. The molecule has 33 heavy (non-hydrogen) atoms. The van der Waals surface area contributed by atoms with Crippen LogP contribution in [0.2, 0.25) is 0 Å². The van der Waals surface area contributed by atoms with E-state index in [4.69, 9.17) is 24.3 Å². The molecule has 1 aromatic carbocycles. The monoisotopic (exact) mass is 470 g/mol. The molecule has 0 spiro atoms. The lowest BCUT2D eigenvalue weighted by atomic mass is 9.99. The summed E-state index contributed by atoms with van der Waals surface area (Å²) >= 11 is 1.62. The van der Waals surface area contributed by atoms with Crippen molar-refractivity contribution >= 4 is 34.9 Å². The maximum Gasteiger partial charge on any atom is 0.414 e. The highest BCUT2D eigenvalue weighted by Gasteiger charge is 2.35. The molecule has 4 heterocycles. The molecule has 0 aliphatic carbocycles. The third-order valence-corrected chi connectivity index (χ3v) is 6.16. The molecule has 2 aliphatic rings. The van der Waals surface area contributed by atoms with Gasteiger partial charge in [-0.05, 0) is 35.9 Å². The fourth-order valence-corrected chi connectivity index (χ4v) is 4.47. The van der Waals surface area contributed by atoms with E-state index in [1.165, 1.54) is 5.56 Å². The number of aryl methyl sites for hydroxylation is 1. The standard InChI is InChI=1S/C20H20N4O2S.C2H2O4/c25-18(24-8-3-5-14-4-1-2-6-17(14)24)12-23-10-16(11-23)20-21-19(22-26-20)15-7-9-27-13-15;3-1(4)2(5)6/h1-2,4,6-7,9,13,16H,3,5,8,10-12H2;(H,3,4)(H,5,6). The fraction of sp³-hybridized carbons (Fsp3) is 0.318. The number of thiophene rings is 1. The van der Waals surface area contributed by atoms with Crippen LogP contribution in [0.25, 0.3) is 11.4 Å². The van der Waals surface area contributed by atoms with E-state index in [1.807, 2.05) is 33.9 Å².